The monoisotopic (exact) mass is 282 g/mol. The largest absolute Gasteiger partial charge is 0.319 e. The summed E-state index contributed by atoms with van der Waals surface area (Å²) >= 11 is 0. The summed E-state index contributed by atoms with van der Waals surface area (Å²) in [4.78, 5) is 15.3. The minimum absolute atomic E-state index is 0.0461. The van der Waals surface area contributed by atoms with Crippen LogP contribution in [0, 0.1) is 0 Å². The Hall–Kier alpha value is -2.46. The Morgan fingerprint density at radius 3 is 2.68 bits per heavy atom. The zero-order chi connectivity index (χ0) is 13.9. The number of carbonyl (C=O) groups is 1. The van der Waals surface area contributed by atoms with Gasteiger partial charge in [-0.2, -0.15) is 13.5 Å². The fourth-order valence-corrected chi connectivity index (χ4v) is 1.79. The Bertz CT molecular complexity index is 682. The molecule has 0 unspecified atom stereocenters. The molecule has 0 aliphatic carbocycles. The van der Waals surface area contributed by atoms with Gasteiger partial charge in [0.05, 0.1) is 5.69 Å². The molecule has 1 amide bonds. The fourth-order valence-electron chi connectivity index (χ4n) is 1.33. The lowest BCUT2D eigenvalue weighted by Gasteiger charge is -2.07. The number of nitrogens with two attached hydrogens (primary N) is 1. The second kappa shape index (κ2) is 5.04. The summed E-state index contributed by atoms with van der Waals surface area (Å²) in [5.74, 6) is -0.449. The van der Waals surface area contributed by atoms with Crippen molar-refractivity contribution in [2.75, 3.05) is 10.0 Å². The van der Waals surface area contributed by atoms with E-state index in [0.717, 1.165) is 0 Å². The average Bonchev–Trinajstić information content (AvgIpc) is 2.80. The molecule has 0 aliphatic heterocycles. The number of hydrogen-bond donors (Lipinski definition) is 4. The van der Waals surface area contributed by atoms with E-state index in [-0.39, 0.29) is 11.5 Å². The molecule has 2 aromatic rings. The summed E-state index contributed by atoms with van der Waals surface area (Å²) in [5.41, 5.74) is 0.618. The zero-order valence-corrected chi connectivity index (χ0v) is 10.3. The van der Waals surface area contributed by atoms with Crippen LogP contribution in [-0.4, -0.2) is 29.5 Å². The molecule has 0 bridgehead atoms. The number of aromatic nitrogens is 3. The molecule has 0 atom stereocenters. The van der Waals surface area contributed by atoms with Gasteiger partial charge in [0.1, 0.15) is 6.33 Å². The van der Waals surface area contributed by atoms with Gasteiger partial charge in [-0.05, 0) is 18.2 Å². The maximum atomic E-state index is 11.7. The molecule has 10 heteroatoms. The maximum absolute atomic E-state index is 11.7. The van der Waals surface area contributed by atoms with Gasteiger partial charge in [-0.3, -0.25) is 14.6 Å². The third kappa shape index (κ3) is 3.76. The van der Waals surface area contributed by atoms with Crippen molar-refractivity contribution in [1.82, 2.24) is 15.2 Å². The Morgan fingerprint density at radius 2 is 2.05 bits per heavy atom. The van der Waals surface area contributed by atoms with E-state index in [0.29, 0.717) is 5.69 Å². The average molecular weight is 282 g/mol. The van der Waals surface area contributed by atoms with Crippen LogP contribution in [0.5, 0.6) is 0 Å². The molecule has 1 heterocycles. The number of benzene rings is 1. The third-order valence-electron chi connectivity index (χ3n) is 2.01. The first kappa shape index (κ1) is 13.0. The van der Waals surface area contributed by atoms with E-state index >= 15 is 0 Å². The highest BCUT2D eigenvalue weighted by Gasteiger charge is 2.09. The lowest BCUT2D eigenvalue weighted by Crippen LogP contribution is -2.21. The lowest BCUT2D eigenvalue weighted by atomic mass is 10.3. The van der Waals surface area contributed by atoms with Gasteiger partial charge < -0.3 is 5.32 Å². The normalized spacial score (nSPS) is 11.0. The summed E-state index contributed by atoms with van der Waals surface area (Å²) in [7, 11) is -3.86. The van der Waals surface area contributed by atoms with Gasteiger partial charge in [0.15, 0.2) is 0 Å². The first-order valence-electron chi connectivity index (χ1n) is 5.01. The number of hydrogen-bond acceptors (Lipinski definition) is 5. The predicted octanol–water partition coefficient (Wildman–Crippen LogP) is -0.328. The molecule has 19 heavy (non-hydrogen) atoms. The Kier molecular flexibility index (Phi) is 3.44. The summed E-state index contributed by atoms with van der Waals surface area (Å²) < 4.78 is 23.8. The number of nitrogens with one attached hydrogen (secondary N) is 3. The molecular weight excluding hydrogens is 272 g/mol. The van der Waals surface area contributed by atoms with Crippen LogP contribution >= 0.6 is 0 Å². The molecule has 0 spiro atoms. The van der Waals surface area contributed by atoms with Gasteiger partial charge in [0.2, 0.25) is 5.82 Å². The van der Waals surface area contributed by atoms with Crippen LogP contribution in [-0.2, 0) is 10.2 Å². The van der Waals surface area contributed by atoms with Gasteiger partial charge >= 0.3 is 0 Å². The molecule has 9 nitrogen and oxygen atoms in total. The molecule has 5 N–H and O–H groups in total. The van der Waals surface area contributed by atoms with Crippen molar-refractivity contribution in [2.45, 2.75) is 0 Å². The van der Waals surface area contributed by atoms with Crippen LogP contribution in [0.3, 0.4) is 0 Å². The minimum Gasteiger partial charge on any atom is -0.319 e. The zero-order valence-electron chi connectivity index (χ0n) is 9.49. The van der Waals surface area contributed by atoms with Crippen molar-refractivity contribution in [2.24, 2.45) is 5.14 Å². The first-order valence-corrected chi connectivity index (χ1v) is 6.56. The van der Waals surface area contributed by atoms with Crippen LogP contribution in [0.2, 0.25) is 0 Å². The second-order valence-electron chi connectivity index (χ2n) is 3.52. The van der Waals surface area contributed by atoms with Crippen molar-refractivity contribution >= 4 is 27.5 Å². The number of aromatic amines is 1. The quantitative estimate of drug-likeness (QED) is 0.607. The standard InChI is InChI=1S/C9H10N6O3S/c10-19(17,18)15-7-3-1-2-6(4-7)13-9(16)8-11-5-12-14-8/h1-5,15H,(H,13,16)(H2,10,17,18)(H,11,12,14). The van der Waals surface area contributed by atoms with E-state index in [9.17, 15) is 13.2 Å². The van der Waals surface area contributed by atoms with E-state index in [1.54, 1.807) is 12.1 Å². The molecular formula is C9H10N6O3S. The highest BCUT2D eigenvalue weighted by Crippen LogP contribution is 2.16. The van der Waals surface area contributed by atoms with E-state index in [1.165, 1.54) is 18.5 Å². The number of anilines is 2. The van der Waals surface area contributed by atoms with E-state index in [1.807, 2.05) is 0 Å². The van der Waals surface area contributed by atoms with Gasteiger partial charge in [0, 0.05) is 5.69 Å². The van der Waals surface area contributed by atoms with Crippen molar-refractivity contribution in [3.05, 3.63) is 36.4 Å². The highest BCUT2D eigenvalue weighted by atomic mass is 32.2. The van der Waals surface area contributed by atoms with Crippen molar-refractivity contribution in [3.8, 4) is 0 Å². The maximum Gasteiger partial charge on any atom is 0.296 e. The van der Waals surface area contributed by atoms with Crippen LogP contribution < -0.4 is 15.2 Å². The molecule has 1 aromatic carbocycles. The molecule has 100 valence electrons. The number of rotatable bonds is 4. The Balaban J connectivity index is 2.13. The van der Waals surface area contributed by atoms with Gasteiger partial charge in [-0.25, -0.2) is 10.1 Å². The molecule has 0 saturated carbocycles. The number of amides is 1. The SMILES string of the molecule is NS(=O)(=O)Nc1cccc(NC(=O)c2ncn[nH]2)c1. The van der Waals surface area contributed by atoms with Crippen LogP contribution in [0.4, 0.5) is 11.4 Å². The van der Waals surface area contributed by atoms with Crippen molar-refractivity contribution in [1.29, 1.82) is 0 Å². The molecule has 0 aliphatic rings. The van der Waals surface area contributed by atoms with Crippen molar-refractivity contribution in [3.63, 3.8) is 0 Å². The number of carbonyl (C=O) groups excluding carboxylic acids is 1. The lowest BCUT2D eigenvalue weighted by molar-refractivity contribution is 0.101. The smallest absolute Gasteiger partial charge is 0.296 e. The van der Waals surface area contributed by atoms with Crippen LogP contribution in [0.1, 0.15) is 10.6 Å². The summed E-state index contributed by atoms with van der Waals surface area (Å²) in [5, 5.41) is 13.3. The molecule has 2 rings (SSSR count). The molecule has 0 fully saturated rings. The highest BCUT2D eigenvalue weighted by molar-refractivity contribution is 7.90. The Labute approximate surface area is 108 Å². The summed E-state index contributed by atoms with van der Waals surface area (Å²) in [6.45, 7) is 0. The van der Waals surface area contributed by atoms with Gasteiger partial charge in [-0.15, -0.1) is 0 Å². The second-order valence-corrected chi connectivity index (χ2v) is 4.81. The minimum atomic E-state index is -3.86. The first-order chi connectivity index (χ1) is 8.94. The molecule has 1 aromatic heterocycles. The molecule has 0 saturated heterocycles. The summed E-state index contributed by atoms with van der Waals surface area (Å²) in [6.07, 6.45) is 1.20. The van der Waals surface area contributed by atoms with Gasteiger partial charge in [0.25, 0.3) is 16.1 Å². The van der Waals surface area contributed by atoms with E-state index < -0.39 is 16.1 Å². The Morgan fingerprint density at radius 1 is 1.32 bits per heavy atom. The topological polar surface area (TPSA) is 143 Å². The number of nitrogens with zero attached hydrogens (tertiary/aromatic N) is 2. The van der Waals surface area contributed by atoms with Crippen LogP contribution in [0.15, 0.2) is 30.6 Å². The predicted molar refractivity (Wildman–Crippen MR) is 67.5 cm³/mol. The summed E-state index contributed by atoms with van der Waals surface area (Å²) in [6, 6.07) is 6.05. The molecule has 0 radical (unpaired) electrons. The fraction of sp³-hybridized carbons (Fsp3) is 0. The van der Waals surface area contributed by atoms with E-state index in [2.05, 4.69) is 25.2 Å². The van der Waals surface area contributed by atoms with Crippen LogP contribution in [0.25, 0.3) is 0 Å². The third-order valence-corrected chi connectivity index (χ3v) is 2.53. The van der Waals surface area contributed by atoms with E-state index in [4.69, 9.17) is 5.14 Å². The van der Waals surface area contributed by atoms with Crippen molar-refractivity contribution < 1.29 is 13.2 Å². The van der Waals surface area contributed by atoms with Gasteiger partial charge in [-0.1, -0.05) is 6.07 Å². The number of H-pyrrole nitrogens is 1.